The number of nitrogens with two attached hydrogens (primary N) is 1. The molecule has 7 atom stereocenters. The Morgan fingerprint density at radius 3 is 2.54 bits per heavy atom. The summed E-state index contributed by atoms with van der Waals surface area (Å²) in [5.41, 5.74) is 1.33. The molecule has 0 amide bonds. The summed E-state index contributed by atoms with van der Waals surface area (Å²) in [5, 5.41) is 24.2. The van der Waals surface area contributed by atoms with Gasteiger partial charge in [0, 0.05) is 0 Å². The molecule has 39 heavy (non-hydrogen) atoms. The van der Waals surface area contributed by atoms with Crippen LogP contribution in [-0.4, -0.2) is 68.5 Å². The van der Waals surface area contributed by atoms with Crippen LogP contribution in [0.1, 0.15) is 33.9 Å². The van der Waals surface area contributed by atoms with Crippen LogP contribution in [0.3, 0.4) is 0 Å². The molecule has 2 heterocycles. The number of ether oxygens (including phenoxy) is 2. The van der Waals surface area contributed by atoms with E-state index in [1.165, 1.54) is 26.0 Å². The molecule has 13 nitrogen and oxygen atoms in total. The van der Waals surface area contributed by atoms with Crippen LogP contribution in [0.15, 0.2) is 41.3 Å². The van der Waals surface area contributed by atoms with E-state index >= 15 is 0 Å². The van der Waals surface area contributed by atoms with Gasteiger partial charge in [0.1, 0.15) is 30.7 Å². The van der Waals surface area contributed by atoms with Crippen molar-refractivity contribution < 1.29 is 46.9 Å². The number of aliphatic hydroxyl groups is 2. The molecule has 3 rings (SSSR count). The molecule has 2 aromatic rings. The van der Waals surface area contributed by atoms with Crippen LogP contribution in [0.5, 0.6) is 5.75 Å². The molecule has 0 aliphatic carbocycles. The number of esters is 1. The fraction of sp³-hybridized carbons (Fsp3) is 0.522. The standard InChI is InChI=1S/C23H31F2N4O9P/c1-12(2)35-20(31)13(3)28-39(34,38-15-8-6-5-7-9-15)37-14(4)17-18(30)23(33,11-24)21(36-17)29-10-16(25)19(26)27-22(29)32/h5-10,12-14,17-18,21,30,33H,11H2,1-4H3,(H,28,34)(H2,26,27,32)/t13-,14-,17+,18?,21+,23+,39+/m0/s1. The number of hydrogen-bond donors (Lipinski definition) is 4. The summed E-state index contributed by atoms with van der Waals surface area (Å²) < 4.78 is 64.2. The highest BCUT2D eigenvalue weighted by atomic mass is 31.2. The van der Waals surface area contributed by atoms with Crippen LogP contribution in [0.2, 0.25) is 0 Å². The van der Waals surface area contributed by atoms with Gasteiger partial charge in [-0.15, -0.1) is 0 Å². The Morgan fingerprint density at radius 1 is 1.31 bits per heavy atom. The first-order valence-electron chi connectivity index (χ1n) is 11.9. The van der Waals surface area contributed by atoms with Crippen molar-refractivity contribution >= 4 is 19.5 Å². The fourth-order valence-electron chi connectivity index (χ4n) is 3.82. The number of benzene rings is 1. The molecule has 0 saturated carbocycles. The largest absolute Gasteiger partial charge is 0.462 e. The Labute approximate surface area is 222 Å². The SMILES string of the molecule is CC(C)OC(=O)[C@H](C)N[P@](=O)(Oc1ccccc1)O[C@@H](C)[C@H]1O[C@@H](n2cc(F)c(N)nc2=O)[C@@](O)(CF)C1O. The highest BCUT2D eigenvalue weighted by Gasteiger charge is 2.59. The minimum Gasteiger partial charge on any atom is -0.462 e. The van der Waals surface area contributed by atoms with Crippen LogP contribution in [0, 0.1) is 5.82 Å². The van der Waals surface area contributed by atoms with Gasteiger partial charge in [0.15, 0.2) is 23.5 Å². The van der Waals surface area contributed by atoms with Gasteiger partial charge in [-0.05, 0) is 39.8 Å². The molecule has 1 aliphatic rings. The predicted octanol–water partition coefficient (Wildman–Crippen LogP) is 1.45. The van der Waals surface area contributed by atoms with Gasteiger partial charge in [0.25, 0.3) is 0 Å². The molecule has 0 bridgehead atoms. The molecule has 216 valence electrons. The molecule has 1 saturated heterocycles. The van der Waals surface area contributed by atoms with Crippen LogP contribution in [0.25, 0.3) is 0 Å². The second kappa shape index (κ2) is 12.1. The van der Waals surface area contributed by atoms with Crippen molar-refractivity contribution in [1.29, 1.82) is 0 Å². The van der Waals surface area contributed by atoms with Gasteiger partial charge in [-0.2, -0.15) is 10.1 Å². The lowest BCUT2D eigenvalue weighted by Gasteiger charge is -2.30. The van der Waals surface area contributed by atoms with E-state index < -0.39 is 80.0 Å². The van der Waals surface area contributed by atoms with Crippen molar-refractivity contribution in [3.63, 3.8) is 0 Å². The summed E-state index contributed by atoms with van der Waals surface area (Å²) >= 11 is 0. The number of aromatic nitrogens is 2. The van der Waals surface area contributed by atoms with Crippen LogP contribution < -0.4 is 21.0 Å². The van der Waals surface area contributed by atoms with Gasteiger partial charge >= 0.3 is 19.4 Å². The zero-order valence-corrected chi connectivity index (χ0v) is 22.5. The second-order valence-corrected chi connectivity index (χ2v) is 10.9. The van der Waals surface area contributed by atoms with E-state index in [0.717, 1.165) is 0 Å². The Hall–Kier alpha value is -2.94. The van der Waals surface area contributed by atoms with Crippen molar-refractivity contribution in [2.75, 3.05) is 12.4 Å². The summed E-state index contributed by atoms with van der Waals surface area (Å²) in [6.45, 7) is 4.23. The average Bonchev–Trinajstić information content (AvgIpc) is 3.12. The Bertz CT molecular complexity index is 1270. The minimum absolute atomic E-state index is 0.0889. The summed E-state index contributed by atoms with van der Waals surface area (Å²) in [4.78, 5) is 27.9. The topological polar surface area (TPSA) is 184 Å². The summed E-state index contributed by atoms with van der Waals surface area (Å²) in [5.74, 6) is -2.57. The molecule has 16 heteroatoms. The minimum atomic E-state index is -4.47. The van der Waals surface area contributed by atoms with Gasteiger partial charge in [-0.3, -0.25) is 13.9 Å². The monoisotopic (exact) mass is 576 g/mol. The number of nitrogen functional groups attached to an aromatic ring is 1. The highest BCUT2D eigenvalue weighted by molar-refractivity contribution is 7.52. The first-order chi connectivity index (χ1) is 18.2. The molecular formula is C23H31F2N4O9P. The van der Waals surface area contributed by atoms with E-state index in [-0.39, 0.29) is 5.75 Å². The molecule has 1 aromatic heterocycles. The van der Waals surface area contributed by atoms with Crippen molar-refractivity contribution in [2.24, 2.45) is 0 Å². The van der Waals surface area contributed by atoms with E-state index in [2.05, 4.69) is 10.1 Å². The van der Waals surface area contributed by atoms with Crippen molar-refractivity contribution in [3.05, 3.63) is 52.8 Å². The number of para-hydroxylation sites is 1. The number of nitrogens with one attached hydrogen (secondary N) is 1. The summed E-state index contributed by atoms with van der Waals surface area (Å²) in [6.07, 6.45) is -7.01. The van der Waals surface area contributed by atoms with Crippen LogP contribution in [-0.2, 0) is 23.4 Å². The first kappa shape index (κ1) is 30.6. The quantitative estimate of drug-likeness (QED) is 0.223. The van der Waals surface area contributed by atoms with Gasteiger partial charge in [0.2, 0.25) is 0 Å². The third-order valence-electron chi connectivity index (χ3n) is 5.73. The van der Waals surface area contributed by atoms with Crippen molar-refractivity contribution in [1.82, 2.24) is 14.6 Å². The number of hydrogen-bond acceptors (Lipinski definition) is 11. The van der Waals surface area contributed by atoms with Gasteiger partial charge < -0.3 is 29.9 Å². The third kappa shape index (κ3) is 6.80. The van der Waals surface area contributed by atoms with Crippen LogP contribution in [0.4, 0.5) is 14.6 Å². The van der Waals surface area contributed by atoms with E-state index in [4.69, 9.17) is 24.3 Å². The molecule has 1 unspecified atom stereocenters. The molecule has 5 N–H and O–H groups in total. The molecule has 0 spiro atoms. The van der Waals surface area contributed by atoms with E-state index in [1.807, 2.05) is 0 Å². The number of carbonyl (C=O) groups excluding carboxylic acids is 1. The van der Waals surface area contributed by atoms with Gasteiger partial charge in [0.05, 0.1) is 18.4 Å². The molecule has 1 aromatic carbocycles. The Kier molecular flexibility index (Phi) is 9.47. The number of alkyl halides is 1. The van der Waals surface area contributed by atoms with Crippen molar-refractivity contribution in [3.8, 4) is 5.75 Å². The lowest BCUT2D eigenvalue weighted by molar-refractivity contribution is -0.149. The number of nitrogens with zero attached hydrogens (tertiary/aromatic N) is 2. The molecular weight excluding hydrogens is 545 g/mol. The number of carbonyl (C=O) groups is 1. The lowest BCUT2D eigenvalue weighted by Crippen LogP contribution is -2.51. The van der Waals surface area contributed by atoms with Crippen molar-refractivity contribution in [2.45, 2.75) is 70.0 Å². The van der Waals surface area contributed by atoms with E-state index in [1.54, 1.807) is 32.0 Å². The molecule has 0 radical (unpaired) electrons. The third-order valence-corrected chi connectivity index (χ3v) is 7.50. The first-order valence-corrected chi connectivity index (χ1v) is 13.4. The summed E-state index contributed by atoms with van der Waals surface area (Å²) in [6, 6.07) is 6.59. The number of halogens is 2. The smallest absolute Gasteiger partial charge is 0.459 e. The fourth-order valence-corrected chi connectivity index (χ4v) is 5.51. The average molecular weight is 576 g/mol. The number of aliphatic hydroxyl groups excluding tert-OH is 1. The highest BCUT2D eigenvalue weighted by Crippen LogP contribution is 2.49. The zero-order valence-electron chi connectivity index (χ0n) is 21.6. The van der Waals surface area contributed by atoms with Crippen LogP contribution >= 0.6 is 7.75 Å². The van der Waals surface area contributed by atoms with E-state index in [0.29, 0.717) is 10.8 Å². The lowest BCUT2D eigenvalue weighted by atomic mass is 9.93. The Morgan fingerprint density at radius 2 is 1.95 bits per heavy atom. The zero-order chi connectivity index (χ0) is 29.1. The maximum atomic E-state index is 14.1. The number of rotatable bonds is 11. The molecule has 1 aliphatic heterocycles. The van der Waals surface area contributed by atoms with Gasteiger partial charge in [-0.1, -0.05) is 18.2 Å². The van der Waals surface area contributed by atoms with E-state index in [9.17, 15) is 33.1 Å². The maximum Gasteiger partial charge on any atom is 0.459 e. The van der Waals surface area contributed by atoms with Gasteiger partial charge in [-0.25, -0.2) is 18.1 Å². The Balaban J connectivity index is 1.91. The second-order valence-electron chi connectivity index (χ2n) is 9.24. The maximum absolute atomic E-state index is 14.1. The molecule has 1 fully saturated rings. The predicted molar refractivity (Wildman–Crippen MR) is 133 cm³/mol. The normalized spacial score (nSPS) is 26.1. The summed E-state index contributed by atoms with van der Waals surface area (Å²) in [7, 11) is -4.47. The number of anilines is 1.